The molecule has 55 heavy (non-hydrogen) atoms. The molecule has 260 valence electrons. The molecule has 1 nitrogen and oxygen atoms in total. The molecule has 0 aliphatic carbocycles. The van der Waals surface area contributed by atoms with Gasteiger partial charge in [0.2, 0.25) is 0 Å². The van der Waals surface area contributed by atoms with E-state index in [4.69, 9.17) is 0 Å². The van der Waals surface area contributed by atoms with Crippen LogP contribution in [-0.4, -0.2) is 0 Å². The lowest BCUT2D eigenvalue weighted by atomic mass is 9.87. The van der Waals surface area contributed by atoms with Gasteiger partial charge in [0.15, 0.2) is 0 Å². The van der Waals surface area contributed by atoms with Gasteiger partial charge in [0, 0.05) is 16.8 Å². The third kappa shape index (κ3) is 6.88. The Morgan fingerprint density at radius 1 is 0.218 bits per heavy atom. The molecule has 0 unspecified atom stereocenters. The fourth-order valence-electron chi connectivity index (χ4n) is 7.69. The zero-order chi connectivity index (χ0) is 36.8. The molecule has 0 amide bonds. The van der Waals surface area contributed by atoms with E-state index in [1.165, 1.54) is 61.2 Å². The fraction of sp³-hybridized carbons (Fsp3) is 0. The van der Waals surface area contributed by atoms with Crippen LogP contribution in [0.1, 0.15) is 0 Å². The second-order valence-corrected chi connectivity index (χ2v) is 13.7. The number of anilines is 3. The van der Waals surface area contributed by atoms with E-state index in [0.717, 1.165) is 22.6 Å². The largest absolute Gasteiger partial charge is 0.309 e. The molecule has 0 aliphatic rings. The number of hydrogen-bond donors (Lipinski definition) is 0. The summed E-state index contributed by atoms with van der Waals surface area (Å²) >= 11 is 0. The number of para-hydroxylation sites is 1. The van der Waals surface area contributed by atoms with Crippen molar-refractivity contribution in [3.05, 3.63) is 237 Å². The maximum atomic E-state index is 2.45. The van der Waals surface area contributed by atoms with Crippen LogP contribution in [0.25, 0.3) is 66.8 Å². The summed E-state index contributed by atoms with van der Waals surface area (Å²) in [5.74, 6) is 0. The van der Waals surface area contributed by atoms with Gasteiger partial charge in [0.25, 0.3) is 0 Å². The van der Waals surface area contributed by atoms with Gasteiger partial charge in [-0.1, -0.05) is 206 Å². The van der Waals surface area contributed by atoms with Gasteiger partial charge in [-0.15, -0.1) is 0 Å². The van der Waals surface area contributed by atoms with Crippen molar-refractivity contribution in [2.24, 2.45) is 0 Å². The minimum atomic E-state index is 1.08. The minimum absolute atomic E-state index is 1.08. The summed E-state index contributed by atoms with van der Waals surface area (Å²) in [6.07, 6.45) is 0. The average Bonchev–Trinajstić information content (AvgIpc) is 3.28. The molecular weight excluding hydrogens is 663 g/mol. The van der Waals surface area contributed by atoms with Crippen LogP contribution in [0.15, 0.2) is 237 Å². The second-order valence-electron chi connectivity index (χ2n) is 13.7. The van der Waals surface area contributed by atoms with E-state index in [-0.39, 0.29) is 0 Å². The van der Waals surface area contributed by atoms with Gasteiger partial charge in [-0.25, -0.2) is 0 Å². The predicted molar refractivity (Wildman–Crippen MR) is 234 cm³/mol. The summed E-state index contributed by atoms with van der Waals surface area (Å²) in [5, 5.41) is 0. The molecule has 0 saturated carbocycles. The van der Waals surface area contributed by atoms with Crippen molar-refractivity contribution in [3.8, 4) is 66.8 Å². The number of benzene rings is 9. The Morgan fingerprint density at radius 2 is 0.600 bits per heavy atom. The molecule has 0 aliphatic heterocycles. The average molecular weight is 702 g/mol. The van der Waals surface area contributed by atoms with Gasteiger partial charge in [-0.3, -0.25) is 0 Å². The normalized spacial score (nSPS) is 10.9. The van der Waals surface area contributed by atoms with Crippen molar-refractivity contribution < 1.29 is 0 Å². The van der Waals surface area contributed by atoms with E-state index < -0.39 is 0 Å². The van der Waals surface area contributed by atoms with E-state index in [2.05, 4.69) is 241 Å². The van der Waals surface area contributed by atoms with Crippen molar-refractivity contribution in [1.82, 2.24) is 0 Å². The van der Waals surface area contributed by atoms with E-state index in [1.807, 2.05) is 0 Å². The van der Waals surface area contributed by atoms with Gasteiger partial charge in [0.05, 0.1) is 11.4 Å². The molecule has 0 aromatic heterocycles. The first-order chi connectivity index (χ1) is 27.3. The zero-order valence-corrected chi connectivity index (χ0v) is 30.5. The maximum absolute atomic E-state index is 2.45. The van der Waals surface area contributed by atoms with E-state index in [0.29, 0.717) is 0 Å². The summed E-state index contributed by atoms with van der Waals surface area (Å²) in [7, 11) is 0. The smallest absolute Gasteiger partial charge is 0.0546 e. The highest BCUT2D eigenvalue weighted by Crippen LogP contribution is 2.49. The zero-order valence-electron chi connectivity index (χ0n) is 30.5. The van der Waals surface area contributed by atoms with Gasteiger partial charge in [0.1, 0.15) is 0 Å². The first-order valence-corrected chi connectivity index (χ1v) is 18.9. The third-order valence-electron chi connectivity index (χ3n) is 10.3. The van der Waals surface area contributed by atoms with Crippen LogP contribution in [0.3, 0.4) is 0 Å². The molecular formula is C54H39N. The van der Waals surface area contributed by atoms with Crippen LogP contribution in [0.2, 0.25) is 0 Å². The van der Waals surface area contributed by atoms with Gasteiger partial charge >= 0.3 is 0 Å². The molecule has 0 fully saturated rings. The number of rotatable bonds is 9. The van der Waals surface area contributed by atoms with Crippen LogP contribution in [0.4, 0.5) is 17.1 Å². The first-order valence-electron chi connectivity index (χ1n) is 18.9. The lowest BCUT2D eigenvalue weighted by Gasteiger charge is -2.31. The van der Waals surface area contributed by atoms with Crippen LogP contribution in [0.5, 0.6) is 0 Å². The molecule has 0 saturated heterocycles. The molecule has 0 heterocycles. The molecule has 0 N–H and O–H groups in total. The molecule has 0 bridgehead atoms. The molecule has 9 rings (SSSR count). The van der Waals surface area contributed by atoms with E-state index in [9.17, 15) is 0 Å². The molecule has 9 aromatic carbocycles. The summed E-state index contributed by atoms with van der Waals surface area (Å²) < 4.78 is 0. The molecule has 1 heteroatoms. The highest BCUT2D eigenvalue weighted by Gasteiger charge is 2.24. The van der Waals surface area contributed by atoms with Gasteiger partial charge in [-0.05, 0) is 86.0 Å². The van der Waals surface area contributed by atoms with E-state index >= 15 is 0 Å². The fourth-order valence-corrected chi connectivity index (χ4v) is 7.69. The van der Waals surface area contributed by atoms with Crippen LogP contribution < -0.4 is 4.90 Å². The second kappa shape index (κ2) is 15.4. The first kappa shape index (κ1) is 33.6. The Hall–Kier alpha value is -7.22. The van der Waals surface area contributed by atoms with Crippen LogP contribution >= 0.6 is 0 Å². The Kier molecular flexibility index (Phi) is 9.41. The number of nitrogens with zero attached hydrogens (tertiary/aromatic N) is 1. The van der Waals surface area contributed by atoms with Crippen molar-refractivity contribution in [2.75, 3.05) is 4.90 Å². The van der Waals surface area contributed by atoms with E-state index in [1.54, 1.807) is 0 Å². The van der Waals surface area contributed by atoms with Crippen LogP contribution in [-0.2, 0) is 0 Å². The standard InChI is InChI=1S/C54H39N/c1-5-19-40(20-6-1)45-27-17-28-46(39-45)41-35-37-47(38-36-41)55(52-33-16-15-30-49(52)43-23-9-3-10-24-43)53-34-18-32-50(44-25-11-4-12-26-44)54(53)51-31-14-13-29-48(51)42-21-7-2-8-22-42/h1-39H. The Balaban J connectivity index is 1.28. The Labute approximate surface area is 324 Å². The minimum Gasteiger partial charge on any atom is -0.309 e. The monoisotopic (exact) mass is 701 g/mol. The third-order valence-corrected chi connectivity index (χ3v) is 10.3. The lowest BCUT2D eigenvalue weighted by molar-refractivity contribution is 1.28. The molecule has 0 spiro atoms. The summed E-state index contributed by atoms with van der Waals surface area (Å²) in [6.45, 7) is 0. The summed E-state index contributed by atoms with van der Waals surface area (Å²) in [6, 6.07) is 85.1. The van der Waals surface area contributed by atoms with Gasteiger partial charge in [-0.2, -0.15) is 0 Å². The SMILES string of the molecule is c1ccc(-c2cccc(-c3ccc(N(c4ccccc4-c4ccccc4)c4cccc(-c5ccccc5)c4-c4ccccc4-c4ccccc4)cc3)c2)cc1. The Bertz CT molecular complexity index is 2670. The molecule has 0 atom stereocenters. The lowest BCUT2D eigenvalue weighted by Crippen LogP contribution is -2.13. The molecule has 0 radical (unpaired) electrons. The van der Waals surface area contributed by atoms with Crippen molar-refractivity contribution >= 4 is 17.1 Å². The Morgan fingerprint density at radius 3 is 1.20 bits per heavy atom. The van der Waals surface area contributed by atoms with Gasteiger partial charge < -0.3 is 4.90 Å². The summed E-state index contributed by atoms with van der Waals surface area (Å²) in [4.78, 5) is 2.45. The number of hydrogen-bond acceptors (Lipinski definition) is 1. The van der Waals surface area contributed by atoms with Crippen LogP contribution in [0, 0.1) is 0 Å². The highest BCUT2D eigenvalue weighted by atomic mass is 15.1. The van der Waals surface area contributed by atoms with Crippen molar-refractivity contribution in [3.63, 3.8) is 0 Å². The quantitative estimate of drug-likeness (QED) is 0.145. The molecule has 9 aromatic rings. The predicted octanol–water partition coefficient (Wildman–Crippen LogP) is 15.2. The highest BCUT2D eigenvalue weighted by molar-refractivity contribution is 6.02. The van der Waals surface area contributed by atoms with Crippen molar-refractivity contribution in [1.29, 1.82) is 0 Å². The van der Waals surface area contributed by atoms with Crippen molar-refractivity contribution in [2.45, 2.75) is 0 Å². The maximum Gasteiger partial charge on any atom is 0.0546 e. The summed E-state index contributed by atoms with van der Waals surface area (Å²) in [5.41, 5.74) is 17.5. The topological polar surface area (TPSA) is 3.24 Å².